The summed E-state index contributed by atoms with van der Waals surface area (Å²) in [5, 5.41) is 0. The maximum Gasteiger partial charge on any atom is 0.244 e. The number of carbonyl (C=O) groups excluding carboxylic acids is 4. The molecule has 4 aliphatic heterocycles. The van der Waals surface area contributed by atoms with Crippen molar-refractivity contribution in [2.75, 3.05) is 78.8 Å². The Morgan fingerprint density at radius 3 is 1.09 bits per heavy atom. The van der Waals surface area contributed by atoms with Crippen molar-refractivity contribution in [2.45, 2.75) is 37.5 Å². The zero-order valence-electron chi connectivity index (χ0n) is 25.6. The first kappa shape index (κ1) is 30.6. The molecular weight excluding hydrogens is 556 g/mol. The molecule has 0 aromatic heterocycles. The third-order valence-electron chi connectivity index (χ3n) is 9.77. The number of carbonyl (C=O) groups is 4. The lowest BCUT2D eigenvalue weighted by Crippen LogP contribution is -2.60. The highest BCUT2D eigenvalue weighted by Crippen LogP contribution is 2.29. The molecule has 0 radical (unpaired) electrons. The minimum atomic E-state index is -0.181. The van der Waals surface area contributed by atoms with E-state index in [0.717, 1.165) is 51.9 Å². The van der Waals surface area contributed by atoms with Crippen LogP contribution in [0.3, 0.4) is 0 Å². The normalized spacial score (nSPS) is 22.7. The third kappa shape index (κ3) is 7.43. The molecule has 0 saturated carbocycles. The SMILES string of the molecule is O=C1CN(CCN2CC(=O)N(CN3CCC(c4ccccc4)CC3)C(=O)C2)CC(=O)N1CN1CCC(c2ccccc2)CC1. The van der Waals surface area contributed by atoms with Gasteiger partial charge in [-0.25, -0.2) is 0 Å². The lowest BCUT2D eigenvalue weighted by molar-refractivity contribution is -0.157. The molecule has 4 amide bonds. The van der Waals surface area contributed by atoms with E-state index in [2.05, 4.69) is 58.3 Å². The van der Waals surface area contributed by atoms with E-state index in [1.54, 1.807) is 0 Å². The molecule has 0 bridgehead atoms. The highest BCUT2D eigenvalue weighted by Gasteiger charge is 2.36. The number of likely N-dealkylation sites (tertiary alicyclic amines) is 2. The second-order valence-electron chi connectivity index (χ2n) is 12.7. The molecule has 234 valence electrons. The van der Waals surface area contributed by atoms with Crippen molar-refractivity contribution in [2.24, 2.45) is 0 Å². The summed E-state index contributed by atoms with van der Waals surface area (Å²) in [5.74, 6) is 0.320. The second kappa shape index (κ2) is 14.1. The Morgan fingerprint density at radius 1 is 0.455 bits per heavy atom. The summed E-state index contributed by atoms with van der Waals surface area (Å²) in [7, 11) is 0. The van der Waals surface area contributed by atoms with Gasteiger partial charge in [-0.15, -0.1) is 0 Å². The van der Waals surface area contributed by atoms with Crippen LogP contribution in [0.5, 0.6) is 0 Å². The van der Waals surface area contributed by atoms with Crippen molar-refractivity contribution in [1.82, 2.24) is 29.4 Å². The quantitative estimate of drug-likeness (QED) is 0.404. The topological polar surface area (TPSA) is 87.7 Å². The summed E-state index contributed by atoms with van der Waals surface area (Å²) >= 11 is 0. The maximum absolute atomic E-state index is 13.0. The molecular formula is C34H44N6O4. The van der Waals surface area contributed by atoms with Gasteiger partial charge in [0.15, 0.2) is 0 Å². The van der Waals surface area contributed by atoms with Crippen LogP contribution in [0.15, 0.2) is 60.7 Å². The minimum Gasteiger partial charge on any atom is -0.286 e. The molecule has 4 heterocycles. The minimum absolute atomic E-state index is 0.174. The van der Waals surface area contributed by atoms with E-state index in [4.69, 9.17) is 0 Å². The Hall–Kier alpha value is -3.44. The molecule has 2 aromatic carbocycles. The number of piperazine rings is 2. The van der Waals surface area contributed by atoms with Crippen LogP contribution in [0.2, 0.25) is 0 Å². The van der Waals surface area contributed by atoms with Gasteiger partial charge in [-0.2, -0.15) is 0 Å². The molecule has 44 heavy (non-hydrogen) atoms. The van der Waals surface area contributed by atoms with Gasteiger partial charge in [0.1, 0.15) is 0 Å². The van der Waals surface area contributed by atoms with E-state index >= 15 is 0 Å². The smallest absolute Gasteiger partial charge is 0.244 e. The van der Waals surface area contributed by atoms with Crippen LogP contribution < -0.4 is 0 Å². The summed E-state index contributed by atoms with van der Waals surface area (Å²) in [5.41, 5.74) is 2.72. The molecule has 0 atom stereocenters. The highest BCUT2D eigenvalue weighted by atomic mass is 16.2. The number of rotatable bonds is 9. The summed E-state index contributed by atoms with van der Waals surface area (Å²) in [6.45, 7) is 5.76. The Bertz CT molecular complexity index is 1170. The van der Waals surface area contributed by atoms with Crippen molar-refractivity contribution in [3.8, 4) is 0 Å². The van der Waals surface area contributed by atoms with Crippen LogP contribution in [0.25, 0.3) is 0 Å². The van der Waals surface area contributed by atoms with Crippen molar-refractivity contribution >= 4 is 23.6 Å². The lowest BCUT2D eigenvalue weighted by atomic mass is 9.90. The van der Waals surface area contributed by atoms with Crippen LogP contribution in [0.4, 0.5) is 0 Å². The van der Waals surface area contributed by atoms with Gasteiger partial charge in [-0.05, 0) is 48.6 Å². The number of benzene rings is 2. The Kier molecular flexibility index (Phi) is 9.81. The van der Waals surface area contributed by atoms with Gasteiger partial charge >= 0.3 is 0 Å². The summed E-state index contributed by atoms with van der Waals surface area (Å²) in [6.07, 6.45) is 4.07. The Labute approximate surface area is 260 Å². The fourth-order valence-corrected chi connectivity index (χ4v) is 7.08. The van der Waals surface area contributed by atoms with Crippen LogP contribution in [0, 0.1) is 0 Å². The van der Waals surface area contributed by atoms with Gasteiger partial charge in [0.25, 0.3) is 0 Å². The Morgan fingerprint density at radius 2 is 0.773 bits per heavy atom. The third-order valence-corrected chi connectivity index (χ3v) is 9.77. The molecule has 4 aliphatic rings. The average molecular weight is 601 g/mol. The first-order valence-electron chi connectivity index (χ1n) is 16.1. The van der Waals surface area contributed by atoms with Crippen LogP contribution in [-0.2, 0) is 19.2 Å². The van der Waals surface area contributed by atoms with Gasteiger partial charge in [0.05, 0.1) is 39.5 Å². The number of imide groups is 2. The van der Waals surface area contributed by atoms with Crippen molar-refractivity contribution in [1.29, 1.82) is 0 Å². The number of amides is 4. The predicted octanol–water partition coefficient (Wildman–Crippen LogP) is 2.00. The van der Waals surface area contributed by atoms with Crippen LogP contribution >= 0.6 is 0 Å². The zero-order valence-corrected chi connectivity index (χ0v) is 25.6. The number of nitrogens with zero attached hydrogens (tertiary/aromatic N) is 6. The number of piperidine rings is 2. The van der Waals surface area contributed by atoms with Crippen LogP contribution in [-0.4, -0.2) is 132 Å². The van der Waals surface area contributed by atoms with Crippen molar-refractivity contribution in [3.05, 3.63) is 71.8 Å². The molecule has 0 spiro atoms. The van der Waals surface area contributed by atoms with Gasteiger partial charge in [0, 0.05) is 39.3 Å². The molecule has 0 N–H and O–H groups in total. The zero-order chi connectivity index (χ0) is 30.5. The van der Waals surface area contributed by atoms with Crippen molar-refractivity contribution in [3.63, 3.8) is 0 Å². The number of hydrogen-bond acceptors (Lipinski definition) is 8. The first-order chi connectivity index (χ1) is 21.4. The molecule has 0 aliphatic carbocycles. The molecule has 2 aromatic rings. The van der Waals surface area contributed by atoms with E-state index in [0.29, 0.717) is 38.3 Å². The van der Waals surface area contributed by atoms with E-state index in [1.807, 2.05) is 21.9 Å². The molecule has 4 fully saturated rings. The van der Waals surface area contributed by atoms with Gasteiger partial charge in [-0.1, -0.05) is 60.7 Å². The average Bonchev–Trinajstić information content (AvgIpc) is 3.05. The summed E-state index contributed by atoms with van der Waals surface area (Å²) in [4.78, 5) is 62.7. The monoisotopic (exact) mass is 600 g/mol. The van der Waals surface area contributed by atoms with Gasteiger partial charge < -0.3 is 0 Å². The van der Waals surface area contributed by atoms with E-state index in [1.165, 1.54) is 20.9 Å². The molecule has 10 nitrogen and oxygen atoms in total. The maximum atomic E-state index is 13.0. The molecule has 0 unspecified atom stereocenters. The second-order valence-corrected chi connectivity index (χ2v) is 12.7. The fraction of sp³-hybridized carbons (Fsp3) is 0.529. The Balaban J connectivity index is 0.906. The standard InChI is InChI=1S/C34H44N6O4/c41-31-21-37(22-32(42)39(31)25-35-15-11-29(12-16-35)27-7-3-1-4-8-27)19-20-38-23-33(43)40(34(44)24-38)26-36-17-13-30(14-18-36)28-9-5-2-6-10-28/h1-10,29-30H,11-26H2. The van der Waals surface area contributed by atoms with Crippen molar-refractivity contribution < 1.29 is 19.2 Å². The number of hydrogen-bond donors (Lipinski definition) is 0. The predicted molar refractivity (Wildman–Crippen MR) is 166 cm³/mol. The summed E-state index contributed by atoms with van der Waals surface area (Å²) < 4.78 is 0. The highest BCUT2D eigenvalue weighted by molar-refractivity contribution is 6.00. The van der Waals surface area contributed by atoms with Crippen LogP contribution in [0.1, 0.15) is 48.6 Å². The molecule has 10 heteroatoms. The van der Waals surface area contributed by atoms with E-state index in [9.17, 15) is 19.2 Å². The fourth-order valence-electron chi connectivity index (χ4n) is 7.08. The van der Waals surface area contributed by atoms with Gasteiger partial charge in [0.2, 0.25) is 23.6 Å². The lowest BCUT2D eigenvalue weighted by Gasteiger charge is -2.40. The van der Waals surface area contributed by atoms with E-state index < -0.39 is 0 Å². The molecule has 6 rings (SSSR count). The largest absolute Gasteiger partial charge is 0.286 e. The summed E-state index contributed by atoms with van der Waals surface area (Å²) in [6, 6.07) is 21.1. The molecule has 4 saturated heterocycles. The first-order valence-corrected chi connectivity index (χ1v) is 16.1. The van der Waals surface area contributed by atoms with Gasteiger partial charge in [-0.3, -0.25) is 48.6 Å². The van der Waals surface area contributed by atoms with E-state index in [-0.39, 0.29) is 49.8 Å².